The van der Waals surface area contributed by atoms with Gasteiger partial charge < -0.3 is 10.6 Å². The number of rotatable bonds is 8. The van der Waals surface area contributed by atoms with Crippen LogP contribution in [0.1, 0.15) is 46.5 Å². The summed E-state index contributed by atoms with van der Waals surface area (Å²) in [7, 11) is 2.21. The highest BCUT2D eigenvalue weighted by atomic mass is 15.1. The van der Waals surface area contributed by atoms with E-state index in [9.17, 15) is 0 Å². The lowest BCUT2D eigenvalue weighted by molar-refractivity contribution is 0.179. The molecule has 0 saturated heterocycles. The summed E-state index contributed by atoms with van der Waals surface area (Å²) in [5, 5.41) is 0. The van der Waals surface area contributed by atoms with E-state index in [1.165, 1.54) is 32.2 Å². The molecule has 0 bridgehead atoms. The summed E-state index contributed by atoms with van der Waals surface area (Å²) in [4.78, 5) is 2.43. The molecule has 14 heavy (non-hydrogen) atoms. The van der Waals surface area contributed by atoms with Crippen LogP contribution in [0.4, 0.5) is 0 Å². The van der Waals surface area contributed by atoms with Gasteiger partial charge >= 0.3 is 0 Å². The quantitative estimate of drug-likeness (QED) is 0.652. The topological polar surface area (TPSA) is 29.3 Å². The third-order valence-corrected chi connectivity index (χ3v) is 3.07. The first-order valence-electron chi connectivity index (χ1n) is 6.07. The molecule has 0 spiro atoms. The van der Waals surface area contributed by atoms with Crippen LogP contribution in [-0.4, -0.2) is 31.1 Å². The van der Waals surface area contributed by atoms with Crippen LogP contribution in [0.3, 0.4) is 0 Å². The van der Waals surface area contributed by atoms with E-state index in [2.05, 4.69) is 32.7 Å². The molecule has 0 saturated carbocycles. The van der Waals surface area contributed by atoms with Crippen molar-refractivity contribution < 1.29 is 0 Å². The van der Waals surface area contributed by atoms with E-state index in [0.29, 0.717) is 6.04 Å². The highest BCUT2D eigenvalue weighted by Gasteiger charge is 2.18. The maximum absolute atomic E-state index is 5.83. The molecule has 0 rings (SSSR count). The van der Waals surface area contributed by atoms with Gasteiger partial charge in [-0.1, -0.05) is 33.6 Å². The van der Waals surface area contributed by atoms with Gasteiger partial charge in [-0.05, 0) is 32.4 Å². The average molecular weight is 200 g/mol. The second kappa shape index (κ2) is 8.25. The zero-order chi connectivity index (χ0) is 11.0. The van der Waals surface area contributed by atoms with Gasteiger partial charge in [0.25, 0.3) is 0 Å². The molecule has 2 atom stereocenters. The van der Waals surface area contributed by atoms with Crippen LogP contribution in [0.5, 0.6) is 0 Å². The second-order valence-corrected chi connectivity index (χ2v) is 4.40. The fraction of sp³-hybridized carbons (Fsp3) is 1.00. The number of hydrogen-bond acceptors (Lipinski definition) is 2. The lowest BCUT2D eigenvalue weighted by Crippen LogP contribution is -2.43. The summed E-state index contributed by atoms with van der Waals surface area (Å²) in [5.41, 5.74) is 5.83. The van der Waals surface area contributed by atoms with E-state index in [0.717, 1.165) is 12.5 Å². The van der Waals surface area contributed by atoms with Gasteiger partial charge in [0, 0.05) is 12.6 Å². The SMILES string of the molecule is CCCCN(C)C(CN)C(C)CCC. The largest absolute Gasteiger partial charge is 0.329 e. The van der Waals surface area contributed by atoms with Crippen molar-refractivity contribution in [1.29, 1.82) is 0 Å². The van der Waals surface area contributed by atoms with Crippen molar-refractivity contribution in [1.82, 2.24) is 4.90 Å². The van der Waals surface area contributed by atoms with Gasteiger partial charge in [0.15, 0.2) is 0 Å². The van der Waals surface area contributed by atoms with Crippen molar-refractivity contribution in [3.05, 3.63) is 0 Å². The summed E-state index contributed by atoms with van der Waals surface area (Å²) in [6, 6.07) is 0.571. The third kappa shape index (κ3) is 4.97. The lowest BCUT2D eigenvalue weighted by atomic mass is 9.95. The van der Waals surface area contributed by atoms with Gasteiger partial charge in [-0.25, -0.2) is 0 Å². The van der Waals surface area contributed by atoms with Gasteiger partial charge in [-0.15, -0.1) is 0 Å². The molecule has 0 aliphatic rings. The normalized spacial score (nSPS) is 15.9. The summed E-state index contributed by atoms with van der Waals surface area (Å²) in [6.45, 7) is 8.79. The molecule has 0 aliphatic heterocycles. The Kier molecular flexibility index (Phi) is 8.20. The molecule has 2 unspecified atom stereocenters. The monoisotopic (exact) mass is 200 g/mol. The first-order chi connectivity index (χ1) is 6.67. The minimum atomic E-state index is 0.571. The molecule has 0 aromatic rings. The second-order valence-electron chi connectivity index (χ2n) is 4.40. The molecule has 0 fully saturated rings. The number of nitrogens with two attached hydrogens (primary N) is 1. The molecule has 2 nitrogen and oxygen atoms in total. The van der Waals surface area contributed by atoms with E-state index < -0.39 is 0 Å². The first-order valence-corrected chi connectivity index (χ1v) is 6.07. The number of nitrogens with zero attached hydrogens (tertiary/aromatic N) is 1. The Balaban J connectivity index is 3.96. The third-order valence-electron chi connectivity index (χ3n) is 3.07. The molecular weight excluding hydrogens is 172 g/mol. The summed E-state index contributed by atoms with van der Waals surface area (Å²) >= 11 is 0. The molecule has 86 valence electrons. The Morgan fingerprint density at radius 3 is 2.29 bits per heavy atom. The van der Waals surface area contributed by atoms with Gasteiger partial charge in [-0.2, -0.15) is 0 Å². The van der Waals surface area contributed by atoms with Crippen LogP contribution in [0.25, 0.3) is 0 Å². The molecule has 2 heteroatoms. The highest BCUT2D eigenvalue weighted by Crippen LogP contribution is 2.15. The van der Waals surface area contributed by atoms with Crippen molar-refractivity contribution in [3.8, 4) is 0 Å². The fourth-order valence-electron chi connectivity index (χ4n) is 2.07. The smallest absolute Gasteiger partial charge is 0.0240 e. The number of hydrogen-bond donors (Lipinski definition) is 1. The van der Waals surface area contributed by atoms with Gasteiger partial charge in [0.2, 0.25) is 0 Å². The van der Waals surface area contributed by atoms with Crippen LogP contribution in [-0.2, 0) is 0 Å². The van der Waals surface area contributed by atoms with Crippen molar-refractivity contribution in [2.45, 2.75) is 52.5 Å². The molecule has 0 heterocycles. The Hall–Kier alpha value is -0.0800. The number of unbranched alkanes of at least 4 members (excludes halogenated alkanes) is 1. The molecule has 0 aliphatic carbocycles. The van der Waals surface area contributed by atoms with Crippen molar-refractivity contribution >= 4 is 0 Å². The Bertz CT molecular complexity index is 125. The van der Waals surface area contributed by atoms with Crippen LogP contribution >= 0.6 is 0 Å². The zero-order valence-electron chi connectivity index (χ0n) is 10.4. The first kappa shape index (κ1) is 13.9. The molecule has 0 aromatic heterocycles. The predicted octanol–water partition coefficient (Wildman–Crippen LogP) is 2.48. The standard InChI is InChI=1S/C12H28N2/c1-5-7-9-14(4)12(10-13)11(3)8-6-2/h11-12H,5-10,13H2,1-4H3. The molecule has 2 N–H and O–H groups in total. The summed E-state index contributed by atoms with van der Waals surface area (Å²) in [6.07, 6.45) is 5.10. The van der Waals surface area contributed by atoms with Crippen molar-refractivity contribution in [3.63, 3.8) is 0 Å². The minimum Gasteiger partial charge on any atom is -0.329 e. The predicted molar refractivity (Wildman–Crippen MR) is 64.5 cm³/mol. The summed E-state index contributed by atoms with van der Waals surface area (Å²) in [5.74, 6) is 0.729. The Morgan fingerprint density at radius 1 is 1.21 bits per heavy atom. The van der Waals surface area contributed by atoms with Crippen LogP contribution in [0.2, 0.25) is 0 Å². The molecule has 0 aromatic carbocycles. The summed E-state index contributed by atoms with van der Waals surface area (Å²) < 4.78 is 0. The molecular formula is C12H28N2. The van der Waals surface area contributed by atoms with Crippen molar-refractivity contribution in [2.75, 3.05) is 20.1 Å². The molecule has 0 radical (unpaired) electrons. The van der Waals surface area contributed by atoms with Gasteiger partial charge in [0.1, 0.15) is 0 Å². The average Bonchev–Trinajstić information content (AvgIpc) is 2.16. The Morgan fingerprint density at radius 2 is 1.86 bits per heavy atom. The van der Waals surface area contributed by atoms with E-state index in [-0.39, 0.29) is 0 Å². The molecule has 0 amide bonds. The maximum atomic E-state index is 5.83. The van der Waals surface area contributed by atoms with Crippen LogP contribution < -0.4 is 5.73 Å². The van der Waals surface area contributed by atoms with E-state index in [1.54, 1.807) is 0 Å². The minimum absolute atomic E-state index is 0.571. The van der Waals surface area contributed by atoms with E-state index in [4.69, 9.17) is 5.73 Å². The highest BCUT2D eigenvalue weighted by molar-refractivity contribution is 4.75. The van der Waals surface area contributed by atoms with Crippen molar-refractivity contribution in [2.24, 2.45) is 11.7 Å². The fourth-order valence-corrected chi connectivity index (χ4v) is 2.07. The zero-order valence-corrected chi connectivity index (χ0v) is 10.4. The Labute approximate surface area is 89.9 Å². The van der Waals surface area contributed by atoms with E-state index in [1.807, 2.05) is 0 Å². The van der Waals surface area contributed by atoms with Gasteiger partial charge in [0.05, 0.1) is 0 Å². The van der Waals surface area contributed by atoms with Crippen LogP contribution in [0, 0.1) is 5.92 Å². The number of likely N-dealkylation sites (N-methyl/N-ethyl adjacent to an activating group) is 1. The van der Waals surface area contributed by atoms with E-state index >= 15 is 0 Å². The van der Waals surface area contributed by atoms with Crippen LogP contribution in [0.15, 0.2) is 0 Å². The van der Waals surface area contributed by atoms with Gasteiger partial charge in [-0.3, -0.25) is 0 Å². The lowest BCUT2D eigenvalue weighted by Gasteiger charge is -2.31. The maximum Gasteiger partial charge on any atom is 0.0240 e.